The molecule has 1 aliphatic rings. The molecule has 1 fully saturated rings. The SMILES string of the molecule is Cc1ccc(N2CCC[C@H](N(C)C[C@H](C#N)CCC#N)C2)nn1. The summed E-state index contributed by atoms with van der Waals surface area (Å²) < 4.78 is 0. The summed E-state index contributed by atoms with van der Waals surface area (Å²) in [5, 5.41) is 26.3. The lowest BCUT2D eigenvalue weighted by atomic mass is 10.0. The monoisotopic (exact) mass is 312 g/mol. The molecule has 1 aromatic rings. The lowest BCUT2D eigenvalue weighted by molar-refractivity contribution is 0.196. The van der Waals surface area contributed by atoms with E-state index in [1.165, 1.54) is 0 Å². The molecule has 2 atom stereocenters. The summed E-state index contributed by atoms with van der Waals surface area (Å²) in [7, 11) is 2.08. The van der Waals surface area contributed by atoms with Gasteiger partial charge in [-0.15, -0.1) is 5.10 Å². The Morgan fingerprint density at radius 1 is 1.39 bits per heavy atom. The molecule has 0 radical (unpaired) electrons. The Labute approximate surface area is 138 Å². The molecule has 1 aliphatic heterocycles. The summed E-state index contributed by atoms with van der Waals surface area (Å²) in [5.74, 6) is 0.851. The van der Waals surface area contributed by atoms with Crippen LogP contribution in [-0.2, 0) is 0 Å². The van der Waals surface area contributed by atoms with E-state index in [0.717, 1.165) is 44.0 Å². The van der Waals surface area contributed by atoms with Gasteiger partial charge in [0.15, 0.2) is 5.82 Å². The van der Waals surface area contributed by atoms with Crippen molar-refractivity contribution in [2.45, 2.75) is 38.6 Å². The van der Waals surface area contributed by atoms with Crippen LogP contribution in [0.1, 0.15) is 31.4 Å². The van der Waals surface area contributed by atoms with Crippen LogP contribution < -0.4 is 4.90 Å². The van der Waals surface area contributed by atoms with Gasteiger partial charge in [0.2, 0.25) is 0 Å². The minimum absolute atomic E-state index is 0.0748. The third-order valence-electron chi connectivity index (χ3n) is 4.42. The van der Waals surface area contributed by atoms with Crippen molar-refractivity contribution in [2.75, 3.05) is 31.6 Å². The van der Waals surface area contributed by atoms with Crippen LogP contribution in [0.2, 0.25) is 0 Å². The van der Waals surface area contributed by atoms with E-state index in [2.05, 4.69) is 39.2 Å². The molecule has 2 heterocycles. The van der Waals surface area contributed by atoms with Crippen molar-refractivity contribution in [1.29, 1.82) is 10.5 Å². The van der Waals surface area contributed by atoms with E-state index in [1.54, 1.807) is 0 Å². The molecule has 0 spiro atoms. The molecule has 0 aromatic carbocycles. The zero-order valence-corrected chi connectivity index (χ0v) is 13.9. The van der Waals surface area contributed by atoms with Crippen molar-refractivity contribution < 1.29 is 0 Å². The van der Waals surface area contributed by atoms with Gasteiger partial charge in [-0.05, 0) is 45.4 Å². The molecule has 2 rings (SSSR count). The first-order chi connectivity index (χ1) is 11.1. The van der Waals surface area contributed by atoms with Gasteiger partial charge < -0.3 is 9.80 Å². The lowest BCUT2D eigenvalue weighted by Crippen LogP contribution is -2.48. The molecule has 6 nitrogen and oxygen atoms in total. The van der Waals surface area contributed by atoms with E-state index in [4.69, 9.17) is 5.26 Å². The number of piperidine rings is 1. The maximum atomic E-state index is 9.24. The number of hydrogen-bond acceptors (Lipinski definition) is 6. The molecule has 0 aliphatic carbocycles. The van der Waals surface area contributed by atoms with E-state index < -0.39 is 0 Å². The Bertz CT molecular complexity index is 570. The summed E-state index contributed by atoms with van der Waals surface area (Å²) in [6.07, 6.45) is 3.34. The van der Waals surface area contributed by atoms with Gasteiger partial charge in [-0.25, -0.2) is 0 Å². The van der Waals surface area contributed by atoms with E-state index in [9.17, 15) is 5.26 Å². The highest BCUT2D eigenvalue weighted by Crippen LogP contribution is 2.21. The number of anilines is 1. The van der Waals surface area contributed by atoms with Crippen molar-refractivity contribution in [3.8, 4) is 12.1 Å². The first kappa shape index (κ1) is 17.2. The van der Waals surface area contributed by atoms with Crippen molar-refractivity contribution in [3.63, 3.8) is 0 Å². The van der Waals surface area contributed by atoms with Crippen LogP contribution in [0.4, 0.5) is 5.82 Å². The molecule has 0 saturated carbocycles. The summed E-state index contributed by atoms with van der Waals surface area (Å²) >= 11 is 0. The van der Waals surface area contributed by atoms with Crippen LogP contribution in [0.3, 0.4) is 0 Å². The predicted molar refractivity (Wildman–Crippen MR) is 88.6 cm³/mol. The minimum atomic E-state index is -0.0748. The van der Waals surface area contributed by atoms with Crippen LogP contribution in [-0.4, -0.2) is 47.8 Å². The first-order valence-corrected chi connectivity index (χ1v) is 8.16. The number of nitriles is 2. The fourth-order valence-corrected chi connectivity index (χ4v) is 3.02. The molecule has 1 saturated heterocycles. The smallest absolute Gasteiger partial charge is 0.151 e. The highest BCUT2D eigenvalue weighted by atomic mass is 15.3. The fourth-order valence-electron chi connectivity index (χ4n) is 3.02. The zero-order valence-electron chi connectivity index (χ0n) is 13.9. The summed E-state index contributed by atoms with van der Waals surface area (Å²) in [4.78, 5) is 4.53. The van der Waals surface area contributed by atoms with Crippen LogP contribution in [0.25, 0.3) is 0 Å². The number of aryl methyl sites for hydroxylation is 1. The summed E-state index contributed by atoms with van der Waals surface area (Å²) in [6, 6.07) is 8.87. The predicted octanol–water partition coefficient (Wildman–Crippen LogP) is 2.13. The van der Waals surface area contributed by atoms with E-state index in [1.807, 2.05) is 19.1 Å². The number of rotatable bonds is 6. The van der Waals surface area contributed by atoms with Crippen LogP contribution in [0.15, 0.2) is 12.1 Å². The minimum Gasteiger partial charge on any atom is -0.354 e. The topological polar surface area (TPSA) is 79.8 Å². The summed E-state index contributed by atoms with van der Waals surface area (Å²) in [6.45, 7) is 4.56. The molecule has 6 heteroatoms. The van der Waals surface area contributed by atoms with E-state index >= 15 is 0 Å². The maximum absolute atomic E-state index is 9.24. The van der Waals surface area contributed by atoms with Crippen molar-refractivity contribution in [2.24, 2.45) is 5.92 Å². The molecule has 122 valence electrons. The number of aromatic nitrogens is 2. The highest BCUT2D eigenvalue weighted by molar-refractivity contribution is 5.38. The Balaban J connectivity index is 1.93. The number of likely N-dealkylation sites (N-methyl/N-ethyl adjacent to an activating group) is 1. The van der Waals surface area contributed by atoms with Crippen molar-refractivity contribution in [3.05, 3.63) is 17.8 Å². The van der Waals surface area contributed by atoms with E-state index in [-0.39, 0.29) is 5.92 Å². The largest absolute Gasteiger partial charge is 0.354 e. The summed E-state index contributed by atoms with van der Waals surface area (Å²) in [5.41, 5.74) is 0.925. The molecule has 0 amide bonds. The molecule has 1 aromatic heterocycles. The van der Waals surface area contributed by atoms with Crippen molar-refractivity contribution in [1.82, 2.24) is 15.1 Å². The second-order valence-electron chi connectivity index (χ2n) is 6.24. The van der Waals surface area contributed by atoms with Crippen LogP contribution in [0, 0.1) is 35.5 Å². The average Bonchev–Trinajstić information content (AvgIpc) is 2.59. The van der Waals surface area contributed by atoms with Gasteiger partial charge in [0.05, 0.1) is 23.8 Å². The average molecular weight is 312 g/mol. The zero-order chi connectivity index (χ0) is 16.7. The third-order valence-corrected chi connectivity index (χ3v) is 4.42. The molecule has 0 unspecified atom stereocenters. The van der Waals surface area contributed by atoms with Crippen LogP contribution in [0.5, 0.6) is 0 Å². The van der Waals surface area contributed by atoms with Gasteiger partial charge in [0, 0.05) is 32.1 Å². The highest BCUT2D eigenvalue weighted by Gasteiger charge is 2.25. The van der Waals surface area contributed by atoms with Gasteiger partial charge >= 0.3 is 0 Å². The van der Waals surface area contributed by atoms with Crippen molar-refractivity contribution >= 4 is 5.82 Å². The normalized spacial score (nSPS) is 19.2. The molecule has 0 N–H and O–H groups in total. The van der Waals surface area contributed by atoms with Gasteiger partial charge in [-0.2, -0.15) is 15.6 Å². The lowest BCUT2D eigenvalue weighted by Gasteiger charge is -2.38. The van der Waals surface area contributed by atoms with Gasteiger partial charge in [0.1, 0.15) is 0 Å². The molecular weight excluding hydrogens is 288 g/mol. The van der Waals surface area contributed by atoms with Gasteiger partial charge in [0.25, 0.3) is 0 Å². The second kappa shape index (κ2) is 8.45. The Hall–Kier alpha value is -2.18. The molecular formula is C17H24N6. The van der Waals surface area contributed by atoms with E-state index in [0.29, 0.717) is 18.9 Å². The Morgan fingerprint density at radius 2 is 2.22 bits per heavy atom. The second-order valence-corrected chi connectivity index (χ2v) is 6.24. The Kier molecular flexibility index (Phi) is 6.31. The molecule has 0 bridgehead atoms. The number of hydrogen-bond donors (Lipinski definition) is 0. The fraction of sp³-hybridized carbons (Fsp3) is 0.647. The van der Waals surface area contributed by atoms with Crippen LogP contribution >= 0.6 is 0 Å². The quantitative estimate of drug-likeness (QED) is 0.800. The van der Waals surface area contributed by atoms with Gasteiger partial charge in [-0.1, -0.05) is 0 Å². The third kappa shape index (κ3) is 4.91. The number of nitrogens with zero attached hydrogens (tertiary/aromatic N) is 6. The van der Waals surface area contributed by atoms with Gasteiger partial charge in [-0.3, -0.25) is 0 Å². The standard InChI is InChI=1S/C17H24N6/c1-14-7-8-17(21-20-14)23-10-4-6-16(13-23)22(2)12-15(11-19)5-3-9-18/h7-8,15-16H,3-6,10,12-13H2,1-2H3/t15-,16-/m0/s1. The maximum Gasteiger partial charge on any atom is 0.151 e. The Morgan fingerprint density at radius 3 is 2.87 bits per heavy atom. The molecule has 23 heavy (non-hydrogen) atoms. The first-order valence-electron chi connectivity index (χ1n) is 8.16.